The van der Waals surface area contributed by atoms with Gasteiger partial charge in [-0.15, -0.1) is 0 Å². The Bertz CT molecular complexity index is 518. The van der Waals surface area contributed by atoms with Crippen molar-refractivity contribution >= 4 is 17.4 Å². The quantitative estimate of drug-likeness (QED) is 0.658. The van der Waals surface area contributed by atoms with Gasteiger partial charge in [0.1, 0.15) is 0 Å². The van der Waals surface area contributed by atoms with Gasteiger partial charge in [0.25, 0.3) is 0 Å². The third kappa shape index (κ3) is 1.44. The first-order valence-corrected chi connectivity index (χ1v) is 6.10. The fourth-order valence-corrected chi connectivity index (χ4v) is 2.86. The van der Waals surface area contributed by atoms with E-state index in [0.717, 1.165) is 6.42 Å². The number of allylic oxidation sites excluding steroid dienone is 1. The highest BCUT2D eigenvalue weighted by atomic mass is 32.1. The predicted octanol–water partition coefficient (Wildman–Crippen LogP) is 4.37. The Balaban J connectivity index is 2.22. The van der Waals surface area contributed by atoms with E-state index in [-0.39, 0.29) is 0 Å². The van der Waals surface area contributed by atoms with Crippen molar-refractivity contribution in [3.8, 4) is 11.1 Å². The van der Waals surface area contributed by atoms with E-state index >= 15 is 0 Å². The molecule has 1 heterocycles. The topological polar surface area (TPSA) is 0 Å². The summed E-state index contributed by atoms with van der Waals surface area (Å²) >= 11 is 1.76. The van der Waals surface area contributed by atoms with Crippen LogP contribution in [0.4, 0.5) is 0 Å². The number of thiophene rings is 1. The van der Waals surface area contributed by atoms with Crippen LogP contribution in [0.3, 0.4) is 0 Å². The van der Waals surface area contributed by atoms with Crippen molar-refractivity contribution in [2.75, 3.05) is 0 Å². The normalized spacial score (nSPS) is 13.8. The molecule has 0 amide bonds. The van der Waals surface area contributed by atoms with E-state index in [4.69, 9.17) is 0 Å². The molecule has 0 bridgehead atoms. The summed E-state index contributed by atoms with van der Waals surface area (Å²) < 4.78 is 0. The Morgan fingerprint density at radius 2 is 2.13 bits per heavy atom. The SMILES string of the molecule is CC1=Cc2c(cccc2-c2ccsc2)C1. The van der Waals surface area contributed by atoms with E-state index in [1.54, 1.807) is 11.3 Å². The third-order valence-electron chi connectivity index (χ3n) is 2.89. The van der Waals surface area contributed by atoms with Crippen molar-refractivity contribution in [2.45, 2.75) is 13.3 Å². The number of hydrogen-bond acceptors (Lipinski definition) is 1. The summed E-state index contributed by atoms with van der Waals surface area (Å²) in [6.07, 6.45) is 3.44. The summed E-state index contributed by atoms with van der Waals surface area (Å²) in [4.78, 5) is 0. The first-order chi connectivity index (χ1) is 7.34. The average Bonchev–Trinajstić information content (AvgIpc) is 2.82. The molecule has 0 radical (unpaired) electrons. The number of hydrogen-bond donors (Lipinski definition) is 0. The molecule has 1 heteroatoms. The lowest BCUT2D eigenvalue weighted by molar-refractivity contribution is 1.20. The maximum Gasteiger partial charge on any atom is -0.00145 e. The second-order valence-electron chi connectivity index (χ2n) is 4.06. The van der Waals surface area contributed by atoms with Gasteiger partial charge in [0.2, 0.25) is 0 Å². The molecule has 0 fully saturated rings. The van der Waals surface area contributed by atoms with Crippen LogP contribution in [0.15, 0.2) is 40.6 Å². The Hall–Kier alpha value is -1.34. The smallest absolute Gasteiger partial charge is 0.00145 e. The van der Waals surface area contributed by atoms with E-state index in [0.29, 0.717) is 0 Å². The van der Waals surface area contributed by atoms with Crippen molar-refractivity contribution in [1.29, 1.82) is 0 Å². The molecule has 1 aromatic carbocycles. The van der Waals surface area contributed by atoms with Crippen LogP contribution in [0, 0.1) is 0 Å². The van der Waals surface area contributed by atoms with Crippen LogP contribution in [-0.2, 0) is 6.42 Å². The monoisotopic (exact) mass is 212 g/mol. The Morgan fingerprint density at radius 3 is 2.93 bits per heavy atom. The fourth-order valence-electron chi connectivity index (χ4n) is 2.20. The van der Waals surface area contributed by atoms with Crippen LogP contribution >= 0.6 is 11.3 Å². The van der Waals surface area contributed by atoms with Crippen LogP contribution in [0.5, 0.6) is 0 Å². The molecular weight excluding hydrogens is 200 g/mol. The van der Waals surface area contributed by atoms with Crippen molar-refractivity contribution in [2.24, 2.45) is 0 Å². The maximum atomic E-state index is 2.32. The highest BCUT2D eigenvalue weighted by Gasteiger charge is 2.13. The van der Waals surface area contributed by atoms with Crippen LogP contribution in [-0.4, -0.2) is 0 Å². The van der Waals surface area contributed by atoms with Crippen LogP contribution < -0.4 is 0 Å². The molecule has 0 aliphatic heterocycles. The largest absolute Gasteiger partial charge is 0.152 e. The summed E-state index contributed by atoms with van der Waals surface area (Å²) in [5.41, 5.74) is 7.09. The van der Waals surface area contributed by atoms with E-state index < -0.39 is 0 Å². The number of rotatable bonds is 1. The first kappa shape index (κ1) is 8.93. The second kappa shape index (κ2) is 3.35. The molecule has 15 heavy (non-hydrogen) atoms. The molecule has 3 rings (SSSR count). The summed E-state index contributed by atoms with van der Waals surface area (Å²) in [5, 5.41) is 4.36. The summed E-state index contributed by atoms with van der Waals surface area (Å²) in [6.45, 7) is 2.21. The predicted molar refractivity (Wildman–Crippen MR) is 67.1 cm³/mol. The van der Waals surface area contributed by atoms with Gasteiger partial charge in [-0.1, -0.05) is 29.8 Å². The number of fused-ring (bicyclic) bond motifs is 1. The zero-order valence-electron chi connectivity index (χ0n) is 8.66. The Kier molecular flexibility index (Phi) is 2.00. The number of benzene rings is 1. The molecule has 0 N–H and O–H groups in total. The fraction of sp³-hybridized carbons (Fsp3) is 0.143. The average molecular weight is 212 g/mol. The van der Waals surface area contributed by atoms with Crippen molar-refractivity contribution in [1.82, 2.24) is 0 Å². The van der Waals surface area contributed by atoms with Gasteiger partial charge in [0.15, 0.2) is 0 Å². The van der Waals surface area contributed by atoms with Crippen molar-refractivity contribution < 1.29 is 0 Å². The molecule has 0 saturated heterocycles. The van der Waals surface area contributed by atoms with Gasteiger partial charge in [0.05, 0.1) is 0 Å². The van der Waals surface area contributed by atoms with Crippen LogP contribution in [0.1, 0.15) is 18.1 Å². The van der Waals surface area contributed by atoms with Gasteiger partial charge in [0, 0.05) is 0 Å². The van der Waals surface area contributed by atoms with Crippen LogP contribution in [0.2, 0.25) is 0 Å². The van der Waals surface area contributed by atoms with Crippen molar-refractivity contribution in [3.63, 3.8) is 0 Å². The third-order valence-corrected chi connectivity index (χ3v) is 3.57. The molecule has 1 aromatic heterocycles. The van der Waals surface area contributed by atoms with Gasteiger partial charge >= 0.3 is 0 Å². The lowest BCUT2D eigenvalue weighted by atomic mass is 9.99. The lowest BCUT2D eigenvalue weighted by Crippen LogP contribution is -1.85. The molecule has 0 unspecified atom stereocenters. The van der Waals surface area contributed by atoms with Gasteiger partial charge in [-0.3, -0.25) is 0 Å². The van der Waals surface area contributed by atoms with E-state index in [9.17, 15) is 0 Å². The summed E-state index contributed by atoms with van der Waals surface area (Å²) in [5.74, 6) is 0. The summed E-state index contributed by atoms with van der Waals surface area (Å²) in [6, 6.07) is 8.81. The molecule has 1 aliphatic rings. The minimum atomic E-state index is 1.12. The van der Waals surface area contributed by atoms with E-state index in [1.807, 2.05) is 0 Å². The Morgan fingerprint density at radius 1 is 1.20 bits per heavy atom. The van der Waals surface area contributed by atoms with Gasteiger partial charge in [-0.05, 0) is 52.4 Å². The Labute approximate surface area is 93.9 Å². The zero-order valence-corrected chi connectivity index (χ0v) is 9.47. The van der Waals surface area contributed by atoms with Gasteiger partial charge in [-0.25, -0.2) is 0 Å². The first-order valence-electron chi connectivity index (χ1n) is 5.16. The van der Waals surface area contributed by atoms with Crippen LogP contribution in [0.25, 0.3) is 17.2 Å². The molecule has 0 nitrogen and oxygen atoms in total. The maximum absolute atomic E-state index is 2.32. The highest BCUT2D eigenvalue weighted by molar-refractivity contribution is 7.08. The standard InChI is InChI=1S/C14H12S/c1-10-7-11-3-2-4-13(14(11)8-10)12-5-6-15-9-12/h2-6,8-9H,7H2,1H3. The molecule has 0 atom stereocenters. The van der Waals surface area contributed by atoms with Gasteiger partial charge in [-0.2, -0.15) is 11.3 Å². The van der Waals surface area contributed by atoms with Crippen molar-refractivity contribution in [3.05, 3.63) is 51.7 Å². The second-order valence-corrected chi connectivity index (χ2v) is 4.84. The van der Waals surface area contributed by atoms with E-state index in [2.05, 4.69) is 48.0 Å². The molecule has 74 valence electrons. The highest BCUT2D eigenvalue weighted by Crippen LogP contribution is 2.34. The molecule has 0 spiro atoms. The zero-order chi connectivity index (χ0) is 10.3. The lowest BCUT2D eigenvalue weighted by Gasteiger charge is -2.05. The van der Waals surface area contributed by atoms with Gasteiger partial charge < -0.3 is 0 Å². The minimum absolute atomic E-state index is 1.12. The van der Waals surface area contributed by atoms with E-state index in [1.165, 1.54) is 27.8 Å². The molecule has 1 aliphatic carbocycles. The molecule has 2 aromatic rings. The minimum Gasteiger partial charge on any atom is -0.152 e. The molecular formula is C14H12S. The summed E-state index contributed by atoms with van der Waals surface area (Å²) in [7, 11) is 0. The molecule has 0 saturated carbocycles.